The lowest BCUT2D eigenvalue weighted by atomic mass is 10.2. The number of ether oxygens (including phenoxy) is 2. The molecule has 0 atom stereocenters. The molecule has 2 aliphatic heterocycles. The largest absolute Gasteiger partial charge is 0.486 e. The Labute approximate surface area is 104 Å². The Hall–Kier alpha value is -1.56. The average Bonchev–Trinajstić information content (AvgIpc) is 2.38. The van der Waals surface area contributed by atoms with Gasteiger partial charge >= 0.3 is 0 Å². The number of nitrogens with zero attached hydrogens (tertiary/aromatic N) is 2. The third-order valence-corrected chi connectivity index (χ3v) is 3.15. The molecule has 0 aliphatic carbocycles. The topological polar surface area (TPSA) is 24.9 Å². The van der Waals surface area contributed by atoms with Crippen molar-refractivity contribution < 1.29 is 18.3 Å². The van der Waals surface area contributed by atoms with Crippen molar-refractivity contribution in [3.05, 3.63) is 17.9 Å². The van der Waals surface area contributed by atoms with Crippen molar-refractivity contribution in [2.24, 2.45) is 0 Å². The van der Waals surface area contributed by atoms with E-state index in [4.69, 9.17) is 9.47 Å². The summed E-state index contributed by atoms with van der Waals surface area (Å²) >= 11 is 0. The van der Waals surface area contributed by atoms with Gasteiger partial charge in [-0.05, 0) is 0 Å². The van der Waals surface area contributed by atoms with E-state index in [9.17, 15) is 8.87 Å². The van der Waals surface area contributed by atoms with Crippen molar-refractivity contribution in [2.75, 3.05) is 44.3 Å². The summed E-state index contributed by atoms with van der Waals surface area (Å²) in [5.74, 6) is 0.630. The summed E-state index contributed by atoms with van der Waals surface area (Å²) in [6, 6.07) is 2.74. The fourth-order valence-corrected chi connectivity index (χ4v) is 2.26. The molecule has 0 unspecified atom stereocenters. The molecule has 98 valence electrons. The minimum absolute atomic E-state index is 0.312. The maximum absolute atomic E-state index is 13.5. The van der Waals surface area contributed by atoms with Gasteiger partial charge in [-0.3, -0.25) is 0 Å². The average molecular weight is 256 g/mol. The fraction of sp³-hybridized carbons (Fsp3) is 0.500. The van der Waals surface area contributed by atoms with Crippen molar-refractivity contribution in [2.45, 2.75) is 0 Å². The van der Waals surface area contributed by atoms with E-state index in [1.165, 1.54) is 12.1 Å². The summed E-state index contributed by atoms with van der Waals surface area (Å²) in [4.78, 5) is 1.92. The number of hydrogen-bond donors (Lipinski definition) is 0. The number of hydrogen-bond acceptors (Lipinski definition) is 4. The van der Waals surface area contributed by atoms with Crippen LogP contribution in [-0.2, 0) is 0 Å². The first-order chi connectivity index (χ1) is 8.74. The number of piperazine rings is 1. The second-order valence-electron chi connectivity index (χ2n) is 4.35. The second-order valence-corrected chi connectivity index (χ2v) is 4.35. The Morgan fingerprint density at radius 1 is 1.00 bits per heavy atom. The van der Waals surface area contributed by atoms with Crippen molar-refractivity contribution in [1.29, 1.82) is 0 Å². The van der Waals surface area contributed by atoms with Crippen LogP contribution in [0.25, 0.3) is 0 Å². The molecule has 0 bridgehead atoms. The smallest absolute Gasteiger partial charge is 0.184 e. The van der Waals surface area contributed by atoms with E-state index in [-0.39, 0.29) is 5.82 Å². The lowest BCUT2D eigenvalue weighted by molar-refractivity contribution is 0.0199. The quantitative estimate of drug-likeness (QED) is 0.713. The molecule has 18 heavy (non-hydrogen) atoms. The third-order valence-electron chi connectivity index (χ3n) is 3.15. The van der Waals surface area contributed by atoms with Crippen molar-refractivity contribution in [1.82, 2.24) is 5.12 Å². The fourth-order valence-electron chi connectivity index (χ4n) is 2.26. The van der Waals surface area contributed by atoms with Gasteiger partial charge in [0.15, 0.2) is 11.5 Å². The minimum Gasteiger partial charge on any atom is -0.486 e. The minimum atomic E-state index is -0.364. The summed E-state index contributed by atoms with van der Waals surface area (Å²) in [6.45, 7) is 2.52. The first kappa shape index (κ1) is 11.5. The predicted molar refractivity (Wildman–Crippen MR) is 62.3 cm³/mol. The second kappa shape index (κ2) is 4.61. The van der Waals surface area contributed by atoms with E-state index in [0.717, 1.165) is 5.12 Å². The number of benzene rings is 1. The molecule has 2 aliphatic rings. The van der Waals surface area contributed by atoms with Crippen LogP contribution in [0.1, 0.15) is 0 Å². The van der Waals surface area contributed by atoms with Crippen LogP contribution < -0.4 is 14.4 Å². The summed E-state index contributed by atoms with van der Waals surface area (Å²) in [5, 5.41) is 0.763. The Morgan fingerprint density at radius 2 is 1.72 bits per heavy atom. The van der Waals surface area contributed by atoms with Gasteiger partial charge in [-0.25, -0.2) is 4.39 Å². The molecule has 1 saturated heterocycles. The lowest BCUT2D eigenvalue weighted by Crippen LogP contribution is -2.43. The molecular formula is C12H14F2N2O2. The highest BCUT2D eigenvalue weighted by Gasteiger charge is 2.24. The summed E-state index contributed by atoms with van der Waals surface area (Å²) in [7, 11) is 0. The van der Waals surface area contributed by atoms with E-state index in [1.807, 2.05) is 4.90 Å². The first-order valence-electron chi connectivity index (χ1n) is 5.99. The number of halogens is 2. The zero-order valence-electron chi connectivity index (χ0n) is 9.86. The Morgan fingerprint density at radius 3 is 2.50 bits per heavy atom. The molecule has 0 radical (unpaired) electrons. The van der Waals surface area contributed by atoms with E-state index < -0.39 is 0 Å². The molecule has 0 saturated carbocycles. The number of anilines is 1. The van der Waals surface area contributed by atoms with Crippen LogP contribution in [0.5, 0.6) is 11.5 Å². The molecule has 2 heterocycles. The highest BCUT2D eigenvalue weighted by atomic mass is 19.2. The Balaban J connectivity index is 1.93. The predicted octanol–water partition coefficient (Wildman–Crippen LogP) is 1.60. The van der Waals surface area contributed by atoms with Crippen LogP contribution in [0.15, 0.2) is 12.1 Å². The van der Waals surface area contributed by atoms with Gasteiger partial charge in [0.05, 0.1) is 5.69 Å². The Bertz CT molecular complexity index is 448. The summed E-state index contributed by atoms with van der Waals surface area (Å²) < 4.78 is 37.4. The molecule has 1 fully saturated rings. The van der Waals surface area contributed by atoms with Gasteiger partial charge in [-0.15, -0.1) is 9.60 Å². The molecule has 1 aromatic carbocycles. The van der Waals surface area contributed by atoms with E-state index >= 15 is 0 Å². The van der Waals surface area contributed by atoms with E-state index in [2.05, 4.69) is 0 Å². The number of rotatable bonds is 1. The highest BCUT2D eigenvalue weighted by molar-refractivity contribution is 5.65. The molecule has 0 spiro atoms. The summed E-state index contributed by atoms with van der Waals surface area (Å²) in [5.41, 5.74) is 0.651. The van der Waals surface area contributed by atoms with Gasteiger partial charge in [0.2, 0.25) is 0 Å². The van der Waals surface area contributed by atoms with Gasteiger partial charge in [-0.1, -0.05) is 0 Å². The molecule has 3 rings (SSSR count). The standard InChI is InChI=1S/C12H14F2N2O2/c13-9-7-10(15-1-3-16(14)4-2-15)12-11(8-9)17-5-6-18-12/h7-8H,1-6H2. The van der Waals surface area contributed by atoms with Crippen molar-refractivity contribution in [3.63, 3.8) is 0 Å². The van der Waals surface area contributed by atoms with Crippen LogP contribution in [0, 0.1) is 5.82 Å². The third kappa shape index (κ3) is 2.08. The van der Waals surface area contributed by atoms with Crippen LogP contribution in [0.2, 0.25) is 0 Å². The molecule has 4 nitrogen and oxygen atoms in total. The molecule has 0 aromatic heterocycles. The Kier molecular flexibility index (Phi) is 2.95. The van der Waals surface area contributed by atoms with Crippen LogP contribution >= 0.6 is 0 Å². The maximum Gasteiger partial charge on any atom is 0.184 e. The molecule has 6 heteroatoms. The van der Waals surface area contributed by atoms with Crippen LogP contribution in [0.3, 0.4) is 0 Å². The van der Waals surface area contributed by atoms with Gasteiger partial charge in [-0.2, -0.15) is 0 Å². The first-order valence-corrected chi connectivity index (χ1v) is 5.99. The van der Waals surface area contributed by atoms with E-state index in [0.29, 0.717) is 56.6 Å². The van der Waals surface area contributed by atoms with Crippen LogP contribution in [0.4, 0.5) is 14.6 Å². The molecule has 1 aromatic rings. The van der Waals surface area contributed by atoms with Gasteiger partial charge in [0, 0.05) is 38.3 Å². The van der Waals surface area contributed by atoms with Crippen molar-refractivity contribution >= 4 is 5.69 Å². The highest BCUT2D eigenvalue weighted by Crippen LogP contribution is 2.40. The normalized spacial score (nSPS) is 20.0. The maximum atomic E-state index is 13.5. The lowest BCUT2D eigenvalue weighted by Gasteiger charge is -2.34. The van der Waals surface area contributed by atoms with Crippen molar-refractivity contribution in [3.8, 4) is 11.5 Å². The zero-order valence-corrected chi connectivity index (χ0v) is 9.86. The molecule has 0 amide bonds. The molecular weight excluding hydrogens is 242 g/mol. The van der Waals surface area contributed by atoms with Gasteiger partial charge in [0.1, 0.15) is 19.0 Å². The SMILES string of the molecule is Fc1cc2c(c(N3CCN(F)CC3)c1)OCCO2. The summed E-state index contributed by atoms with van der Waals surface area (Å²) in [6.07, 6.45) is 0. The van der Waals surface area contributed by atoms with Gasteiger partial charge in [0.25, 0.3) is 0 Å². The van der Waals surface area contributed by atoms with E-state index in [1.54, 1.807) is 0 Å². The number of fused-ring (bicyclic) bond motifs is 1. The van der Waals surface area contributed by atoms with Crippen LogP contribution in [-0.4, -0.2) is 44.5 Å². The zero-order chi connectivity index (χ0) is 12.5. The monoisotopic (exact) mass is 256 g/mol. The van der Waals surface area contributed by atoms with Gasteiger partial charge < -0.3 is 14.4 Å². The molecule has 0 N–H and O–H groups in total.